The Balaban J connectivity index is 1.53. The van der Waals surface area contributed by atoms with Gasteiger partial charge in [0.25, 0.3) is 0 Å². The van der Waals surface area contributed by atoms with E-state index < -0.39 is 0 Å². The number of aryl methyl sites for hydroxylation is 3. The van der Waals surface area contributed by atoms with Gasteiger partial charge < -0.3 is 14.6 Å². The zero-order chi connectivity index (χ0) is 21.5. The second-order valence-electron chi connectivity index (χ2n) is 8.02. The number of aromatic nitrogens is 5. The maximum atomic E-state index is 6.08. The van der Waals surface area contributed by atoms with Gasteiger partial charge in [0.1, 0.15) is 29.8 Å². The molecule has 1 aromatic carbocycles. The standard InChI is InChI=1S/C24H26N6O/c1-5-20-14(2)26-15(3)29-24(20)30-8-9-31-22-7-6-17(10-19(22)13-30)18-11-21-23(25-12-18)28-16(4)27-21/h6-7,10-12H,5,8-9,13H2,1-4H3,(H,25,27,28). The molecule has 0 saturated heterocycles. The van der Waals surface area contributed by atoms with Crippen LogP contribution in [0.15, 0.2) is 30.5 Å². The summed E-state index contributed by atoms with van der Waals surface area (Å²) in [5, 5.41) is 0. The summed E-state index contributed by atoms with van der Waals surface area (Å²) >= 11 is 0. The van der Waals surface area contributed by atoms with Crippen LogP contribution in [-0.4, -0.2) is 38.1 Å². The van der Waals surface area contributed by atoms with Crippen LogP contribution < -0.4 is 9.64 Å². The lowest BCUT2D eigenvalue weighted by Crippen LogP contribution is -2.28. The van der Waals surface area contributed by atoms with Gasteiger partial charge in [0, 0.05) is 35.1 Å². The van der Waals surface area contributed by atoms with Crippen LogP contribution in [0.1, 0.15) is 35.4 Å². The van der Waals surface area contributed by atoms with E-state index in [9.17, 15) is 0 Å². The van der Waals surface area contributed by atoms with E-state index >= 15 is 0 Å². The smallest absolute Gasteiger partial charge is 0.177 e. The fourth-order valence-electron chi connectivity index (χ4n) is 4.33. The molecule has 1 aliphatic rings. The third-order valence-corrected chi connectivity index (χ3v) is 5.79. The number of imidazole rings is 1. The fraction of sp³-hybridized carbons (Fsp3) is 0.333. The van der Waals surface area contributed by atoms with Crippen molar-refractivity contribution in [3.63, 3.8) is 0 Å². The summed E-state index contributed by atoms with van der Waals surface area (Å²) < 4.78 is 6.08. The van der Waals surface area contributed by atoms with Gasteiger partial charge in [0.2, 0.25) is 0 Å². The first-order valence-corrected chi connectivity index (χ1v) is 10.7. The summed E-state index contributed by atoms with van der Waals surface area (Å²) in [5.74, 6) is 3.62. The van der Waals surface area contributed by atoms with Crippen LogP contribution in [0.4, 0.5) is 5.82 Å². The number of hydrogen-bond acceptors (Lipinski definition) is 6. The maximum absolute atomic E-state index is 6.08. The van der Waals surface area contributed by atoms with E-state index in [1.165, 1.54) is 5.56 Å². The molecule has 31 heavy (non-hydrogen) atoms. The number of benzene rings is 1. The van der Waals surface area contributed by atoms with Crippen LogP contribution in [0, 0.1) is 20.8 Å². The molecular formula is C24H26N6O. The molecule has 158 valence electrons. The first-order valence-electron chi connectivity index (χ1n) is 10.7. The molecule has 0 radical (unpaired) electrons. The Bertz CT molecular complexity index is 1280. The van der Waals surface area contributed by atoms with Gasteiger partial charge in [-0.15, -0.1) is 0 Å². The lowest BCUT2D eigenvalue weighted by Gasteiger charge is -2.24. The Morgan fingerprint density at radius 1 is 1.06 bits per heavy atom. The number of fused-ring (bicyclic) bond motifs is 2. The number of nitrogens with one attached hydrogen (secondary N) is 1. The molecule has 0 fully saturated rings. The molecule has 0 atom stereocenters. The predicted octanol–water partition coefficient (Wildman–Crippen LogP) is 4.30. The average Bonchev–Trinajstić information content (AvgIpc) is 2.98. The highest BCUT2D eigenvalue weighted by Crippen LogP contribution is 2.32. The second-order valence-corrected chi connectivity index (χ2v) is 8.02. The Kier molecular flexibility index (Phi) is 4.81. The zero-order valence-corrected chi connectivity index (χ0v) is 18.4. The van der Waals surface area contributed by atoms with Crippen molar-refractivity contribution in [2.75, 3.05) is 18.1 Å². The Hall–Kier alpha value is -3.48. The molecular weight excluding hydrogens is 388 g/mol. The average molecular weight is 415 g/mol. The van der Waals surface area contributed by atoms with E-state index in [0.717, 1.165) is 76.3 Å². The van der Waals surface area contributed by atoms with E-state index in [2.05, 4.69) is 62.9 Å². The van der Waals surface area contributed by atoms with Crippen LogP contribution >= 0.6 is 0 Å². The number of nitrogens with zero attached hydrogens (tertiary/aromatic N) is 5. The minimum Gasteiger partial charge on any atom is -0.491 e. The molecule has 5 rings (SSSR count). The van der Waals surface area contributed by atoms with Crippen LogP contribution in [0.25, 0.3) is 22.3 Å². The van der Waals surface area contributed by atoms with Gasteiger partial charge in [-0.05, 0) is 51.0 Å². The Labute approximate surface area is 181 Å². The third kappa shape index (κ3) is 3.60. The molecule has 4 heterocycles. The minimum absolute atomic E-state index is 0.624. The van der Waals surface area contributed by atoms with Crippen LogP contribution in [0.2, 0.25) is 0 Å². The summed E-state index contributed by atoms with van der Waals surface area (Å²) in [5.41, 5.74) is 7.25. The molecule has 7 heteroatoms. The van der Waals surface area contributed by atoms with Gasteiger partial charge in [0.15, 0.2) is 5.65 Å². The SMILES string of the molecule is CCc1c(C)nc(C)nc1N1CCOc2ccc(-c3cnc4nc(C)[nH]c4c3)cc2C1. The van der Waals surface area contributed by atoms with Crippen LogP contribution in [-0.2, 0) is 13.0 Å². The number of hydrogen-bond donors (Lipinski definition) is 1. The molecule has 0 amide bonds. The highest BCUT2D eigenvalue weighted by Gasteiger charge is 2.21. The lowest BCUT2D eigenvalue weighted by molar-refractivity contribution is 0.331. The van der Waals surface area contributed by atoms with E-state index in [1.807, 2.05) is 20.0 Å². The summed E-state index contributed by atoms with van der Waals surface area (Å²) in [6.45, 7) is 10.3. The van der Waals surface area contributed by atoms with E-state index in [-0.39, 0.29) is 0 Å². The molecule has 3 aromatic heterocycles. The highest BCUT2D eigenvalue weighted by molar-refractivity contribution is 5.78. The van der Waals surface area contributed by atoms with Crippen LogP contribution in [0.3, 0.4) is 0 Å². The van der Waals surface area contributed by atoms with Gasteiger partial charge in [-0.2, -0.15) is 0 Å². The van der Waals surface area contributed by atoms with Crippen molar-refractivity contribution in [1.82, 2.24) is 24.9 Å². The highest BCUT2D eigenvalue weighted by atomic mass is 16.5. The third-order valence-electron chi connectivity index (χ3n) is 5.79. The number of anilines is 1. The molecule has 7 nitrogen and oxygen atoms in total. The molecule has 0 unspecified atom stereocenters. The summed E-state index contributed by atoms with van der Waals surface area (Å²) in [6, 6.07) is 8.46. The Morgan fingerprint density at radius 3 is 2.77 bits per heavy atom. The summed E-state index contributed by atoms with van der Waals surface area (Å²) in [4.78, 5) is 23.9. The molecule has 0 spiro atoms. The second kappa shape index (κ2) is 7.65. The number of pyridine rings is 1. The monoisotopic (exact) mass is 414 g/mol. The molecule has 0 saturated carbocycles. The molecule has 1 N–H and O–H groups in total. The number of rotatable bonds is 3. The van der Waals surface area contributed by atoms with E-state index in [0.29, 0.717) is 6.61 Å². The van der Waals surface area contributed by atoms with Gasteiger partial charge >= 0.3 is 0 Å². The first kappa shape index (κ1) is 19.5. The van der Waals surface area contributed by atoms with Gasteiger partial charge in [0.05, 0.1) is 12.1 Å². The number of aromatic amines is 1. The van der Waals surface area contributed by atoms with Gasteiger partial charge in [-0.3, -0.25) is 0 Å². The van der Waals surface area contributed by atoms with Crippen molar-refractivity contribution in [2.24, 2.45) is 0 Å². The van der Waals surface area contributed by atoms with Crippen molar-refractivity contribution in [3.8, 4) is 16.9 Å². The predicted molar refractivity (Wildman–Crippen MR) is 121 cm³/mol. The maximum Gasteiger partial charge on any atom is 0.177 e. The first-order chi connectivity index (χ1) is 15.0. The summed E-state index contributed by atoms with van der Waals surface area (Å²) in [6.07, 6.45) is 2.78. The molecule has 4 aromatic rings. The van der Waals surface area contributed by atoms with Crippen LogP contribution in [0.5, 0.6) is 5.75 Å². The minimum atomic E-state index is 0.624. The Morgan fingerprint density at radius 2 is 1.94 bits per heavy atom. The lowest BCUT2D eigenvalue weighted by atomic mass is 10.0. The van der Waals surface area contributed by atoms with Crippen molar-refractivity contribution in [2.45, 2.75) is 40.7 Å². The fourth-order valence-corrected chi connectivity index (χ4v) is 4.33. The van der Waals surface area contributed by atoms with Gasteiger partial charge in [-0.25, -0.2) is 19.9 Å². The molecule has 0 bridgehead atoms. The van der Waals surface area contributed by atoms with Crippen molar-refractivity contribution < 1.29 is 4.74 Å². The number of H-pyrrole nitrogens is 1. The zero-order valence-electron chi connectivity index (χ0n) is 18.4. The quantitative estimate of drug-likeness (QED) is 0.538. The van der Waals surface area contributed by atoms with Crippen molar-refractivity contribution in [3.05, 3.63) is 58.9 Å². The van der Waals surface area contributed by atoms with Crippen molar-refractivity contribution in [1.29, 1.82) is 0 Å². The van der Waals surface area contributed by atoms with E-state index in [4.69, 9.17) is 9.72 Å². The number of ether oxygens (including phenoxy) is 1. The molecule has 0 aliphatic carbocycles. The summed E-state index contributed by atoms with van der Waals surface area (Å²) in [7, 11) is 0. The normalized spacial score (nSPS) is 13.7. The largest absolute Gasteiger partial charge is 0.491 e. The molecule has 1 aliphatic heterocycles. The van der Waals surface area contributed by atoms with Gasteiger partial charge in [-0.1, -0.05) is 13.0 Å². The van der Waals surface area contributed by atoms with Crippen molar-refractivity contribution >= 4 is 17.0 Å². The van der Waals surface area contributed by atoms with E-state index in [1.54, 1.807) is 0 Å². The topological polar surface area (TPSA) is 79.8 Å².